The Kier molecular flexibility index (Phi) is 13.5. The van der Waals surface area contributed by atoms with Crippen molar-refractivity contribution in [2.24, 2.45) is 5.92 Å². The summed E-state index contributed by atoms with van der Waals surface area (Å²) < 4.78 is 17.8. The van der Waals surface area contributed by atoms with E-state index in [1.165, 1.54) is 17.0 Å². The zero-order valence-corrected chi connectivity index (χ0v) is 34.6. The van der Waals surface area contributed by atoms with Gasteiger partial charge in [-0.3, -0.25) is 14.4 Å². The van der Waals surface area contributed by atoms with Crippen LogP contribution in [0.5, 0.6) is 5.75 Å². The number of phenols is 1. The van der Waals surface area contributed by atoms with Gasteiger partial charge in [0.25, 0.3) is 11.7 Å². The van der Waals surface area contributed by atoms with E-state index in [4.69, 9.17) is 13.9 Å². The summed E-state index contributed by atoms with van der Waals surface area (Å²) in [5.74, 6) is -3.00. The molecular formula is C41H56N4O9Si. The molecule has 2 heterocycles. The van der Waals surface area contributed by atoms with Gasteiger partial charge in [0.05, 0.1) is 23.3 Å². The molecule has 0 saturated heterocycles. The average Bonchev–Trinajstić information content (AvgIpc) is 3.48. The number of amides is 3. The molecule has 0 radical (unpaired) electrons. The summed E-state index contributed by atoms with van der Waals surface area (Å²) in [7, 11) is -2.54. The van der Waals surface area contributed by atoms with Crippen LogP contribution < -0.4 is 15.5 Å². The fraction of sp³-hybridized carbons (Fsp3) is 0.488. The molecule has 2 aromatic carbocycles. The summed E-state index contributed by atoms with van der Waals surface area (Å²) in [4.78, 5) is 69.0. The maximum absolute atomic E-state index is 14.3. The largest absolute Gasteiger partial charge is 0.508 e. The first-order valence-electron chi connectivity index (χ1n) is 18.6. The lowest BCUT2D eigenvalue weighted by atomic mass is 9.99. The van der Waals surface area contributed by atoms with Crippen LogP contribution in [0.3, 0.4) is 0 Å². The molecule has 4 rings (SSSR count). The fourth-order valence-corrected chi connectivity index (χ4v) is 7.28. The molecule has 3 N–H and O–H groups in total. The van der Waals surface area contributed by atoms with Gasteiger partial charge in [-0.25, -0.2) is 14.5 Å². The SMILES string of the molecule is C=CCOC(=O)C(=O)[C@@H](NC(=O)C(C)NCc1ccc(COC(=O)N2c3cc(O)c(C)cc3C(=O)N3C=C(C)C[C@H]3[C@@H]2O[Si](C)(C)C(C)(C)C)cc1)C(C)C. The van der Waals surface area contributed by atoms with E-state index >= 15 is 0 Å². The Hall–Kier alpha value is -4.79. The zero-order chi connectivity index (χ0) is 41.0. The Balaban J connectivity index is 1.48. The minimum absolute atomic E-state index is 0.0580. The van der Waals surface area contributed by atoms with Gasteiger partial charge < -0.3 is 34.5 Å². The Bertz CT molecular complexity index is 1830. The molecule has 3 amide bonds. The molecule has 0 aliphatic carbocycles. The van der Waals surface area contributed by atoms with Crippen molar-refractivity contribution in [1.29, 1.82) is 0 Å². The van der Waals surface area contributed by atoms with Gasteiger partial charge in [-0.2, -0.15) is 0 Å². The maximum atomic E-state index is 14.3. The number of nitrogens with zero attached hydrogens (tertiary/aromatic N) is 2. The number of nitrogens with one attached hydrogen (secondary N) is 2. The van der Waals surface area contributed by atoms with Crippen molar-refractivity contribution in [2.45, 2.75) is 117 Å². The third-order valence-corrected chi connectivity index (χ3v) is 14.9. The molecule has 0 saturated carbocycles. The van der Waals surface area contributed by atoms with Crippen LogP contribution in [-0.4, -0.2) is 78.9 Å². The highest BCUT2D eigenvalue weighted by molar-refractivity contribution is 6.74. The summed E-state index contributed by atoms with van der Waals surface area (Å²) in [6.07, 6.45) is 2.07. The Labute approximate surface area is 325 Å². The van der Waals surface area contributed by atoms with E-state index in [1.54, 1.807) is 38.7 Å². The highest BCUT2D eigenvalue weighted by atomic mass is 28.4. The van der Waals surface area contributed by atoms with Crippen molar-refractivity contribution in [3.63, 3.8) is 0 Å². The van der Waals surface area contributed by atoms with Crippen LogP contribution in [0.15, 0.2) is 60.8 Å². The topological polar surface area (TPSA) is 164 Å². The first kappa shape index (κ1) is 42.9. The number of aromatic hydroxyl groups is 1. The van der Waals surface area contributed by atoms with Gasteiger partial charge in [0.15, 0.2) is 14.5 Å². The number of benzene rings is 2. The lowest BCUT2D eigenvalue weighted by Crippen LogP contribution is -2.57. The molecule has 1 unspecified atom stereocenters. The number of carbonyl (C=O) groups excluding carboxylic acids is 5. The third-order valence-electron chi connectivity index (χ3n) is 10.5. The van der Waals surface area contributed by atoms with E-state index in [9.17, 15) is 29.1 Å². The fourth-order valence-electron chi connectivity index (χ4n) is 6.06. The van der Waals surface area contributed by atoms with Gasteiger partial charge in [0.2, 0.25) is 5.91 Å². The van der Waals surface area contributed by atoms with Crippen LogP contribution in [0.25, 0.3) is 0 Å². The molecule has 0 aromatic heterocycles. The van der Waals surface area contributed by atoms with Crippen LogP contribution in [0.1, 0.15) is 81.9 Å². The molecule has 2 aromatic rings. The first-order chi connectivity index (χ1) is 25.7. The number of carbonyl (C=O) groups is 5. The number of anilines is 1. The monoisotopic (exact) mass is 776 g/mol. The number of aryl methyl sites for hydroxylation is 1. The second-order valence-electron chi connectivity index (χ2n) is 16.2. The van der Waals surface area contributed by atoms with Crippen LogP contribution in [0.2, 0.25) is 18.1 Å². The van der Waals surface area contributed by atoms with Crippen molar-refractivity contribution >= 4 is 43.7 Å². The van der Waals surface area contributed by atoms with Crippen LogP contribution in [-0.2, 0) is 41.4 Å². The van der Waals surface area contributed by atoms with Gasteiger partial charge in [0.1, 0.15) is 25.0 Å². The number of rotatable bonds is 14. The lowest BCUT2D eigenvalue weighted by Gasteiger charge is -2.44. The number of ketones is 1. The summed E-state index contributed by atoms with van der Waals surface area (Å²) in [6, 6.07) is 8.09. The van der Waals surface area contributed by atoms with Crippen LogP contribution in [0.4, 0.5) is 10.5 Å². The van der Waals surface area contributed by atoms with E-state index < -0.39 is 56.4 Å². The molecular weight excluding hydrogens is 721 g/mol. The van der Waals surface area contributed by atoms with Gasteiger partial charge in [0, 0.05) is 18.8 Å². The standard InChI is InChI=1S/C41H56N4O9Si/c1-12-17-52-39(50)35(47)34(24(2)3)43-36(48)27(6)42-21-28-13-15-29(16-14-28)23-53-40(51)45-31-20-33(46)26(5)19-30(31)37(49)44-22-25(4)18-32(44)38(45)54-55(10,11)41(7,8)9/h12-16,19-20,22,24,27,32,34,38,42,46H,1,17-18,21,23H2,2-11H3,(H,43,48)/t27?,32-,34-,38-/m0/s1. The Morgan fingerprint density at radius 2 is 1.67 bits per heavy atom. The van der Waals surface area contributed by atoms with E-state index in [0.29, 0.717) is 24.1 Å². The summed E-state index contributed by atoms with van der Waals surface area (Å²) in [5.41, 5.74) is 3.51. The molecule has 14 heteroatoms. The summed E-state index contributed by atoms with van der Waals surface area (Å²) in [5, 5.41) is 16.4. The van der Waals surface area contributed by atoms with Crippen molar-refractivity contribution < 1.29 is 43.0 Å². The quantitative estimate of drug-likeness (QED) is 0.0866. The number of ether oxygens (including phenoxy) is 2. The first-order valence-corrected chi connectivity index (χ1v) is 21.5. The second kappa shape index (κ2) is 17.3. The molecule has 0 bridgehead atoms. The molecule has 2 aliphatic rings. The van der Waals surface area contributed by atoms with Crippen molar-refractivity contribution in [1.82, 2.24) is 15.5 Å². The van der Waals surface area contributed by atoms with Crippen molar-refractivity contribution in [3.8, 4) is 5.75 Å². The number of Topliss-reactive ketones (excluding diaryl/α,β-unsaturated/α-hetero) is 1. The predicted octanol–water partition coefficient (Wildman–Crippen LogP) is 6.24. The minimum Gasteiger partial charge on any atom is -0.508 e. The predicted molar refractivity (Wildman–Crippen MR) is 212 cm³/mol. The molecule has 13 nitrogen and oxygen atoms in total. The smallest absolute Gasteiger partial charge is 0.416 e. The maximum Gasteiger partial charge on any atom is 0.416 e. The zero-order valence-electron chi connectivity index (χ0n) is 33.6. The highest BCUT2D eigenvalue weighted by Gasteiger charge is 2.50. The van der Waals surface area contributed by atoms with E-state index in [1.807, 2.05) is 37.4 Å². The molecule has 0 spiro atoms. The molecule has 55 heavy (non-hydrogen) atoms. The summed E-state index contributed by atoms with van der Waals surface area (Å²) in [6.45, 7) is 22.8. The highest BCUT2D eigenvalue weighted by Crippen LogP contribution is 2.44. The number of phenolic OH excluding ortho intramolecular Hbond substituents is 1. The normalized spacial score (nSPS) is 18.1. The minimum atomic E-state index is -2.54. The van der Waals surface area contributed by atoms with E-state index in [0.717, 1.165) is 11.1 Å². The Morgan fingerprint density at radius 3 is 2.27 bits per heavy atom. The van der Waals surface area contributed by atoms with Crippen molar-refractivity contribution in [2.75, 3.05) is 11.5 Å². The van der Waals surface area contributed by atoms with E-state index in [-0.39, 0.29) is 47.1 Å². The van der Waals surface area contributed by atoms with E-state index in [2.05, 4.69) is 51.1 Å². The van der Waals surface area contributed by atoms with Crippen molar-refractivity contribution in [3.05, 3.63) is 83.1 Å². The number of hydrogen-bond donors (Lipinski definition) is 3. The average molecular weight is 777 g/mol. The van der Waals surface area contributed by atoms with Crippen LogP contribution in [0, 0.1) is 12.8 Å². The van der Waals surface area contributed by atoms with Gasteiger partial charge in [-0.05, 0) is 74.0 Å². The molecule has 298 valence electrons. The lowest BCUT2D eigenvalue weighted by molar-refractivity contribution is -0.154. The Morgan fingerprint density at radius 1 is 1.04 bits per heavy atom. The molecule has 4 atom stereocenters. The van der Waals surface area contributed by atoms with Crippen LogP contribution >= 0.6 is 0 Å². The van der Waals surface area contributed by atoms with Gasteiger partial charge >= 0.3 is 12.1 Å². The number of esters is 1. The van der Waals surface area contributed by atoms with Gasteiger partial charge in [-0.1, -0.05) is 77.1 Å². The summed E-state index contributed by atoms with van der Waals surface area (Å²) >= 11 is 0. The number of hydrogen-bond acceptors (Lipinski definition) is 10. The number of fused-ring (bicyclic) bond motifs is 2. The molecule has 2 aliphatic heterocycles. The van der Waals surface area contributed by atoms with Gasteiger partial charge in [-0.15, -0.1) is 0 Å². The second-order valence-corrected chi connectivity index (χ2v) is 21.0. The molecule has 0 fully saturated rings. The third kappa shape index (κ3) is 9.91.